The quantitative estimate of drug-likeness (QED) is 0.476. The van der Waals surface area contributed by atoms with Gasteiger partial charge in [0.2, 0.25) is 0 Å². The molecule has 0 N–H and O–H groups in total. The number of ether oxygens (including phenoxy) is 2. The van der Waals surface area contributed by atoms with E-state index in [4.69, 9.17) is 9.47 Å². The molecule has 0 spiro atoms. The minimum absolute atomic E-state index is 0.234. The van der Waals surface area contributed by atoms with Crippen molar-refractivity contribution in [2.75, 3.05) is 6.61 Å². The topological polar surface area (TPSA) is 52.6 Å². The fraction of sp³-hybridized carbons (Fsp3) is 0.333. The second-order valence-electron chi connectivity index (χ2n) is 3.28. The van der Waals surface area contributed by atoms with E-state index in [1.54, 1.807) is 53.8 Å². The van der Waals surface area contributed by atoms with Crippen LogP contribution in [0.15, 0.2) is 30.3 Å². The Morgan fingerprint density at radius 1 is 1.29 bits per heavy atom. The minimum atomic E-state index is -1.42. The SMILES string of the molecule is CCOC(=O)C(I)(OC(C)=O)c1ccccc1. The first kappa shape index (κ1) is 14.0. The summed E-state index contributed by atoms with van der Waals surface area (Å²) in [5, 5.41) is 0. The summed E-state index contributed by atoms with van der Waals surface area (Å²) in [7, 11) is 0. The number of carbonyl (C=O) groups excluding carboxylic acids is 2. The van der Waals surface area contributed by atoms with Gasteiger partial charge in [-0.2, -0.15) is 0 Å². The summed E-state index contributed by atoms with van der Waals surface area (Å²) >= 11 is 1.79. The Bertz CT molecular complexity index is 404. The Kier molecular flexibility index (Phi) is 4.92. The van der Waals surface area contributed by atoms with E-state index < -0.39 is 15.5 Å². The summed E-state index contributed by atoms with van der Waals surface area (Å²) in [5.41, 5.74) is 0.578. The van der Waals surface area contributed by atoms with Gasteiger partial charge in [-0.15, -0.1) is 0 Å². The third kappa shape index (κ3) is 3.42. The predicted molar refractivity (Wildman–Crippen MR) is 70.5 cm³/mol. The van der Waals surface area contributed by atoms with Crippen LogP contribution in [0.5, 0.6) is 0 Å². The van der Waals surface area contributed by atoms with Crippen molar-refractivity contribution in [2.24, 2.45) is 0 Å². The molecule has 0 aliphatic heterocycles. The van der Waals surface area contributed by atoms with Crippen LogP contribution in [0.25, 0.3) is 0 Å². The maximum Gasteiger partial charge on any atom is 0.365 e. The van der Waals surface area contributed by atoms with Crippen LogP contribution >= 0.6 is 22.6 Å². The predicted octanol–water partition coefficient (Wildman–Crippen LogP) is 2.40. The lowest BCUT2D eigenvalue weighted by molar-refractivity contribution is -0.169. The van der Waals surface area contributed by atoms with Crippen LogP contribution in [-0.2, 0) is 22.7 Å². The van der Waals surface area contributed by atoms with Gasteiger partial charge in [-0.3, -0.25) is 4.79 Å². The van der Waals surface area contributed by atoms with E-state index in [9.17, 15) is 9.59 Å². The van der Waals surface area contributed by atoms with E-state index in [0.29, 0.717) is 5.56 Å². The molecule has 1 atom stereocenters. The standard InChI is InChI=1S/C12H13IO4/c1-3-16-11(15)12(13,17-9(2)14)10-7-5-4-6-8-10/h4-8H,3H2,1-2H3. The number of halogens is 1. The van der Waals surface area contributed by atoms with Crippen LogP contribution in [0, 0.1) is 0 Å². The van der Waals surface area contributed by atoms with Crippen LogP contribution in [0.3, 0.4) is 0 Å². The van der Waals surface area contributed by atoms with Crippen molar-refractivity contribution in [3.63, 3.8) is 0 Å². The fourth-order valence-electron chi connectivity index (χ4n) is 1.29. The Morgan fingerprint density at radius 3 is 2.35 bits per heavy atom. The number of benzene rings is 1. The smallest absolute Gasteiger partial charge is 0.365 e. The second-order valence-corrected chi connectivity index (χ2v) is 4.79. The van der Waals surface area contributed by atoms with Crippen LogP contribution < -0.4 is 0 Å². The molecule has 0 saturated carbocycles. The number of hydrogen-bond donors (Lipinski definition) is 0. The van der Waals surface area contributed by atoms with Gasteiger partial charge in [-0.05, 0) is 29.5 Å². The molecule has 1 aromatic rings. The Balaban J connectivity index is 3.10. The summed E-state index contributed by atoms with van der Waals surface area (Å²) in [6, 6.07) is 8.79. The molecule has 1 aromatic carbocycles. The van der Waals surface area contributed by atoms with E-state index in [1.165, 1.54) is 6.92 Å². The maximum absolute atomic E-state index is 11.9. The van der Waals surface area contributed by atoms with Crippen molar-refractivity contribution in [1.82, 2.24) is 0 Å². The maximum atomic E-state index is 11.9. The van der Waals surface area contributed by atoms with Crippen molar-refractivity contribution in [1.29, 1.82) is 0 Å². The van der Waals surface area contributed by atoms with E-state index in [0.717, 1.165) is 0 Å². The number of carbonyl (C=O) groups is 2. The average Bonchev–Trinajstić information content (AvgIpc) is 2.29. The first-order valence-corrected chi connectivity index (χ1v) is 6.19. The van der Waals surface area contributed by atoms with Gasteiger partial charge in [0.15, 0.2) is 0 Å². The lowest BCUT2D eigenvalue weighted by atomic mass is 10.1. The van der Waals surface area contributed by atoms with Gasteiger partial charge in [-0.1, -0.05) is 30.3 Å². The van der Waals surface area contributed by atoms with Gasteiger partial charge in [0.1, 0.15) is 0 Å². The molecule has 0 aliphatic rings. The first-order valence-electron chi connectivity index (χ1n) is 5.12. The second kappa shape index (κ2) is 6.00. The van der Waals surface area contributed by atoms with Crippen molar-refractivity contribution in [3.05, 3.63) is 35.9 Å². The number of esters is 2. The van der Waals surface area contributed by atoms with Crippen LogP contribution in [0.1, 0.15) is 19.4 Å². The molecule has 5 heteroatoms. The van der Waals surface area contributed by atoms with Gasteiger partial charge in [-0.25, -0.2) is 4.79 Å². The zero-order valence-electron chi connectivity index (χ0n) is 9.60. The molecular weight excluding hydrogens is 335 g/mol. The molecule has 0 heterocycles. The lowest BCUT2D eigenvalue weighted by Gasteiger charge is -2.25. The molecule has 0 aromatic heterocycles. The molecule has 4 nitrogen and oxygen atoms in total. The largest absolute Gasteiger partial charge is 0.462 e. The molecule has 0 saturated heterocycles. The molecule has 92 valence electrons. The van der Waals surface area contributed by atoms with Crippen LogP contribution in [0.2, 0.25) is 0 Å². The highest BCUT2D eigenvalue weighted by Crippen LogP contribution is 2.35. The van der Waals surface area contributed by atoms with E-state index >= 15 is 0 Å². The van der Waals surface area contributed by atoms with Crippen LogP contribution in [-0.4, -0.2) is 18.5 Å². The first-order chi connectivity index (χ1) is 8.00. The monoisotopic (exact) mass is 348 g/mol. The normalized spacial score (nSPS) is 13.6. The highest BCUT2D eigenvalue weighted by atomic mass is 127. The Morgan fingerprint density at radius 2 is 1.88 bits per heavy atom. The van der Waals surface area contributed by atoms with E-state index in [1.807, 2.05) is 6.07 Å². The van der Waals surface area contributed by atoms with Gasteiger partial charge in [0, 0.05) is 12.5 Å². The minimum Gasteiger partial charge on any atom is -0.462 e. The molecule has 1 unspecified atom stereocenters. The molecule has 0 fully saturated rings. The number of rotatable bonds is 4. The summed E-state index contributed by atoms with van der Waals surface area (Å²) in [6.07, 6.45) is 0. The van der Waals surface area contributed by atoms with Gasteiger partial charge in [0.25, 0.3) is 3.61 Å². The summed E-state index contributed by atoms with van der Waals surface area (Å²) in [4.78, 5) is 23.0. The summed E-state index contributed by atoms with van der Waals surface area (Å²) < 4.78 is 8.63. The molecule has 0 amide bonds. The molecule has 0 aliphatic carbocycles. The Hall–Kier alpha value is -1.11. The van der Waals surface area contributed by atoms with Crippen molar-refractivity contribution in [2.45, 2.75) is 17.5 Å². The van der Waals surface area contributed by atoms with Crippen LogP contribution in [0.4, 0.5) is 0 Å². The Labute approximate surface area is 113 Å². The van der Waals surface area contributed by atoms with E-state index in [-0.39, 0.29) is 6.61 Å². The molecular formula is C12H13IO4. The molecule has 0 radical (unpaired) electrons. The van der Waals surface area contributed by atoms with Crippen molar-refractivity contribution < 1.29 is 19.1 Å². The fourth-order valence-corrected chi connectivity index (χ4v) is 2.12. The zero-order chi connectivity index (χ0) is 12.9. The zero-order valence-corrected chi connectivity index (χ0v) is 11.8. The summed E-state index contributed by atoms with van der Waals surface area (Å²) in [6.45, 7) is 3.20. The third-order valence-corrected chi connectivity index (χ3v) is 3.25. The third-order valence-electron chi connectivity index (χ3n) is 1.97. The summed E-state index contributed by atoms with van der Waals surface area (Å²) in [5.74, 6) is -1.11. The highest BCUT2D eigenvalue weighted by molar-refractivity contribution is 14.1. The molecule has 0 bridgehead atoms. The van der Waals surface area contributed by atoms with Gasteiger partial charge >= 0.3 is 11.9 Å². The highest BCUT2D eigenvalue weighted by Gasteiger charge is 2.42. The van der Waals surface area contributed by atoms with Crippen molar-refractivity contribution in [3.8, 4) is 0 Å². The average molecular weight is 348 g/mol. The molecule has 1 rings (SSSR count). The van der Waals surface area contributed by atoms with Crippen molar-refractivity contribution >= 4 is 34.5 Å². The number of alkyl halides is 1. The van der Waals surface area contributed by atoms with Gasteiger partial charge < -0.3 is 9.47 Å². The van der Waals surface area contributed by atoms with E-state index in [2.05, 4.69) is 0 Å². The van der Waals surface area contributed by atoms with Gasteiger partial charge in [0.05, 0.1) is 6.61 Å². The number of hydrogen-bond acceptors (Lipinski definition) is 4. The lowest BCUT2D eigenvalue weighted by Crippen LogP contribution is -2.35. The molecule has 17 heavy (non-hydrogen) atoms.